The van der Waals surface area contributed by atoms with Crippen LogP contribution in [0.25, 0.3) is 0 Å². The number of aliphatic hydroxyl groups excluding tert-OH is 1. The van der Waals surface area contributed by atoms with E-state index >= 15 is 0 Å². The fourth-order valence-electron chi connectivity index (χ4n) is 2.42. The lowest BCUT2D eigenvalue weighted by Crippen LogP contribution is -2.28. The van der Waals surface area contributed by atoms with Crippen molar-refractivity contribution in [2.75, 3.05) is 26.3 Å². The summed E-state index contributed by atoms with van der Waals surface area (Å²) in [5, 5.41) is 23.2. The number of carboxylic acid groups (broad SMARTS) is 1. The minimum atomic E-state index is -1.24. The first-order chi connectivity index (χ1) is 11.7. The molecule has 5 nitrogen and oxygen atoms in total. The van der Waals surface area contributed by atoms with Crippen molar-refractivity contribution in [1.82, 2.24) is 5.32 Å². The van der Waals surface area contributed by atoms with Crippen LogP contribution in [0.15, 0.2) is 54.6 Å². The van der Waals surface area contributed by atoms with Crippen molar-refractivity contribution in [3.63, 3.8) is 0 Å². The molecule has 0 aliphatic carbocycles. The van der Waals surface area contributed by atoms with Crippen molar-refractivity contribution in [3.8, 4) is 5.75 Å². The van der Waals surface area contributed by atoms with Crippen LogP contribution in [-0.4, -0.2) is 37.4 Å². The summed E-state index contributed by atoms with van der Waals surface area (Å²) in [7, 11) is 0. The summed E-state index contributed by atoms with van der Waals surface area (Å²) in [6, 6.07) is 17.3. The van der Waals surface area contributed by atoms with Crippen molar-refractivity contribution >= 4 is 18.4 Å². The number of aliphatic hydroxyl groups is 1. The number of benzene rings is 2. The molecule has 0 aromatic heterocycles. The Kier molecular flexibility index (Phi) is 9.62. The number of halogens is 1. The highest BCUT2D eigenvalue weighted by Crippen LogP contribution is 2.14. The lowest BCUT2D eigenvalue weighted by molar-refractivity contribution is -0.307. The number of ether oxygens (including phenoxy) is 1. The topological polar surface area (TPSA) is 81.6 Å². The number of carbonyl (C=O) groups excluding carboxylic acids is 1. The van der Waals surface area contributed by atoms with E-state index in [0.29, 0.717) is 12.3 Å². The van der Waals surface area contributed by atoms with Crippen LogP contribution >= 0.6 is 12.4 Å². The number of hydrogen-bond donors (Lipinski definition) is 2. The second-order valence-corrected chi connectivity index (χ2v) is 5.55. The normalized spacial score (nSPS) is 11.4. The largest absolute Gasteiger partial charge is 0.546 e. The van der Waals surface area contributed by atoms with Crippen LogP contribution in [-0.2, 0) is 11.2 Å². The van der Waals surface area contributed by atoms with Gasteiger partial charge in [-0.15, -0.1) is 12.4 Å². The highest BCUT2D eigenvalue weighted by atomic mass is 35.5. The summed E-state index contributed by atoms with van der Waals surface area (Å²) in [5.41, 5.74) is 2.26. The zero-order chi connectivity index (χ0) is 17.2. The first kappa shape index (κ1) is 21.0. The van der Waals surface area contributed by atoms with Crippen molar-refractivity contribution in [1.29, 1.82) is 0 Å². The molecule has 0 saturated heterocycles. The SMILES string of the molecule is Cl.O=C([O-])COc1ccc(CCNCC(CO)c2ccccc2)cc1. The number of rotatable bonds is 10. The third-order valence-electron chi connectivity index (χ3n) is 3.75. The molecule has 0 saturated carbocycles. The molecule has 0 radical (unpaired) electrons. The predicted octanol–water partition coefficient (Wildman–Crippen LogP) is 1.15. The fraction of sp³-hybridized carbons (Fsp3) is 0.316. The van der Waals surface area contributed by atoms with Crippen LogP contribution < -0.4 is 15.2 Å². The van der Waals surface area contributed by atoms with Crippen molar-refractivity contribution in [2.24, 2.45) is 0 Å². The van der Waals surface area contributed by atoms with E-state index in [1.807, 2.05) is 42.5 Å². The Labute approximate surface area is 154 Å². The van der Waals surface area contributed by atoms with Gasteiger partial charge in [-0.2, -0.15) is 0 Å². The Balaban J connectivity index is 0.00000312. The summed E-state index contributed by atoms with van der Waals surface area (Å²) in [5.74, 6) is -0.632. The van der Waals surface area contributed by atoms with Crippen molar-refractivity contribution in [2.45, 2.75) is 12.3 Å². The second kappa shape index (κ2) is 11.5. The van der Waals surface area contributed by atoms with E-state index in [-0.39, 0.29) is 24.9 Å². The summed E-state index contributed by atoms with van der Waals surface area (Å²) < 4.78 is 5.04. The Morgan fingerprint density at radius 2 is 1.80 bits per heavy atom. The van der Waals surface area contributed by atoms with Gasteiger partial charge in [-0.25, -0.2) is 0 Å². The minimum absolute atomic E-state index is 0. The summed E-state index contributed by atoms with van der Waals surface area (Å²) in [6.07, 6.45) is 0.841. The molecule has 2 rings (SSSR count). The molecule has 1 unspecified atom stereocenters. The highest BCUT2D eigenvalue weighted by Gasteiger charge is 2.09. The molecule has 0 aliphatic heterocycles. The Bertz CT molecular complexity index is 619. The molecule has 0 fully saturated rings. The van der Waals surface area contributed by atoms with Crippen LogP contribution in [0, 0.1) is 0 Å². The predicted molar refractivity (Wildman–Crippen MR) is 97.0 cm³/mol. The van der Waals surface area contributed by atoms with Gasteiger partial charge in [0, 0.05) is 12.5 Å². The third-order valence-corrected chi connectivity index (χ3v) is 3.75. The van der Waals surface area contributed by atoms with E-state index in [0.717, 1.165) is 24.1 Å². The fourth-order valence-corrected chi connectivity index (χ4v) is 2.42. The second-order valence-electron chi connectivity index (χ2n) is 5.55. The van der Waals surface area contributed by atoms with Crippen LogP contribution in [0.5, 0.6) is 5.75 Å². The number of aliphatic carboxylic acids is 1. The first-order valence-corrected chi connectivity index (χ1v) is 7.97. The molecule has 1 atom stereocenters. The van der Waals surface area contributed by atoms with Crippen molar-refractivity contribution < 1.29 is 19.7 Å². The van der Waals surface area contributed by atoms with Gasteiger partial charge in [0.05, 0.1) is 12.6 Å². The molecule has 0 heterocycles. The molecule has 0 bridgehead atoms. The van der Waals surface area contributed by atoms with Crippen LogP contribution in [0.2, 0.25) is 0 Å². The van der Waals surface area contributed by atoms with Gasteiger partial charge >= 0.3 is 0 Å². The zero-order valence-electron chi connectivity index (χ0n) is 13.9. The number of hydrogen-bond acceptors (Lipinski definition) is 5. The maximum absolute atomic E-state index is 10.3. The van der Waals surface area contributed by atoms with Gasteiger partial charge in [0.2, 0.25) is 0 Å². The highest BCUT2D eigenvalue weighted by molar-refractivity contribution is 5.85. The molecule has 0 amide bonds. The molecule has 0 spiro atoms. The van der Waals surface area contributed by atoms with Gasteiger partial charge in [-0.1, -0.05) is 42.5 Å². The van der Waals surface area contributed by atoms with Gasteiger partial charge in [0.15, 0.2) is 0 Å². The van der Waals surface area contributed by atoms with Gasteiger partial charge in [0.1, 0.15) is 12.4 Å². The van der Waals surface area contributed by atoms with Gasteiger partial charge in [-0.05, 0) is 36.2 Å². The van der Waals surface area contributed by atoms with E-state index < -0.39 is 12.6 Å². The summed E-state index contributed by atoms with van der Waals surface area (Å²) in [6.45, 7) is 1.18. The molecule has 2 aromatic rings. The first-order valence-electron chi connectivity index (χ1n) is 7.97. The molecule has 2 N–H and O–H groups in total. The Hall–Kier alpha value is -2.08. The minimum Gasteiger partial charge on any atom is -0.546 e. The zero-order valence-corrected chi connectivity index (χ0v) is 14.7. The molecule has 6 heteroatoms. The molecule has 136 valence electrons. The van der Waals surface area contributed by atoms with Crippen LogP contribution in [0.3, 0.4) is 0 Å². The molecular formula is C19H23ClNO4-. The number of carboxylic acids is 1. The standard InChI is InChI=1S/C19H23NO4.ClH/c21-13-17(16-4-2-1-3-5-16)12-20-11-10-15-6-8-18(9-7-15)24-14-19(22)23;/h1-9,17,20-21H,10-14H2,(H,22,23);1H/p-1. The van der Waals surface area contributed by atoms with Gasteiger partial charge < -0.3 is 25.1 Å². The average Bonchev–Trinajstić information content (AvgIpc) is 2.62. The van der Waals surface area contributed by atoms with Crippen molar-refractivity contribution in [3.05, 3.63) is 65.7 Å². The molecule has 2 aromatic carbocycles. The maximum Gasteiger partial charge on any atom is 0.128 e. The molecular weight excluding hydrogens is 342 g/mol. The van der Waals surface area contributed by atoms with E-state index in [4.69, 9.17) is 4.74 Å². The van der Waals surface area contributed by atoms with E-state index in [1.54, 1.807) is 12.1 Å². The molecule has 25 heavy (non-hydrogen) atoms. The average molecular weight is 365 g/mol. The third kappa shape index (κ3) is 7.56. The van der Waals surface area contributed by atoms with Gasteiger partial charge in [-0.3, -0.25) is 0 Å². The Morgan fingerprint density at radius 3 is 2.40 bits per heavy atom. The summed E-state index contributed by atoms with van der Waals surface area (Å²) >= 11 is 0. The number of nitrogens with one attached hydrogen (secondary N) is 1. The quantitative estimate of drug-likeness (QED) is 0.618. The van der Waals surface area contributed by atoms with Gasteiger partial charge in [0.25, 0.3) is 0 Å². The lowest BCUT2D eigenvalue weighted by atomic mass is 10.00. The smallest absolute Gasteiger partial charge is 0.128 e. The van der Waals surface area contributed by atoms with Crippen LogP contribution in [0.4, 0.5) is 0 Å². The molecule has 0 aliphatic rings. The van der Waals surface area contributed by atoms with Crippen LogP contribution in [0.1, 0.15) is 17.0 Å². The van der Waals surface area contributed by atoms with E-state index in [9.17, 15) is 15.0 Å². The monoisotopic (exact) mass is 364 g/mol. The Morgan fingerprint density at radius 1 is 1.12 bits per heavy atom. The number of carbonyl (C=O) groups is 1. The van der Waals surface area contributed by atoms with E-state index in [1.165, 1.54) is 0 Å². The lowest BCUT2D eigenvalue weighted by Gasteiger charge is -2.15. The maximum atomic E-state index is 10.3. The summed E-state index contributed by atoms with van der Waals surface area (Å²) in [4.78, 5) is 10.3. The van der Waals surface area contributed by atoms with E-state index in [2.05, 4.69) is 5.32 Å².